The van der Waals surface area contributed by atoms with Gasteiger partial charge in [-0.3, -0.25) is 0 Å². The molecular formula is C20H25ClN2O. The Bertz CT molecular complexity index is 636. The van der Waals surface area contributed by atoms with Gasteiger partial charge < -0.3 is 14.5 Å². The summed E-state index contributed by atoms with van der Waals surface area (Å²) in [6.07, 6.45) is 2.28. The molecule has 1 heterocycles. The number of piperazine rings is 1. The summed E-state index contributed by atoms with van der Waals surface area (Å²) in [6.45, 7) is 5.93. The van der Waals surface area contributed by atoms with Gasteiger partial charge in [0.25, 0.3) is 0 Å². The normalized spacial score (nSPS) is 16.2. The van der Waals surface area contributed by atoms with Crippen molar-refractivity contribution in [2.75, 3.05) is 39.8 Å². The molecule has 0 bridgehead atoms. The highest BCUT2D eigenvalue weighted by Gasteiger charge is 2.12. The minimum atomic E-state index is 0.722. The molecule has 128 valence electrons. The standard InChI is InChI=1S/C20H25ClN2O/c1-22-12-14-23(15-13-22)11-3-5-17-4-2-6-20(16-17)24-19-9-7-18(21)8-10-19/h2,4,6-10,16H,3,5,11-15H2,1H3. The van der Waals surface area contributed by atoms with Crippen LogP contribution in [-0.4, -0.2) is 49.6 Å². The van der Waals surface area contributed by atoms with Gasteiger partial charge in [-0.1, -0.05) is 23.7 Å². The van der Waals surface area contributed by atoms with E-state index in [-0.39, 0.29) is 0 Å². The van der Waals surface area contributed by atoms with Crippen molar-refractivity contribution in [2.45, 2.75) is 12.8 Å². The van der Waals surface area contributed by atoms with Crippen molar-refractivity contribution >= 4 is 11.6 Å². The Balaban J connectivity index is 1.49. The van der Waals surface area contributed by atoms with E-state index in [9.17, 15) is 0 Å². The van der Waals surface area contributed by atoms with Gasteiger partial charge in [-0.25, -0.2) is 0 Å². The average Bonchev–Trinajstić information content (AvgIpc) is 2.59. The van der Waals surface area contributed by atoms with Crippen molar-refractivity contribution < 1.29 is 4.74 Å². The molecule has 0 amide bonds. The Labute approximate surface area is 149 Å². The molecule has 0 spiro atoms. The van der Waals surface area contributed by atoms with Crippen LogP contribution in [0.15, 0.2) is 48.5 Å². The molecule has 0 unspecified atom stereocenters. The molecule has 1 aliphatic rings. The third kappa shape index (κ3) is 5.23. The predicted molar refractivity (Wildman–Crippen MR) is 100 cm³/mol. The van der Waals surface area contributed by atoms with Gasteiger partial charge in [-0.15, -0.1) is 0 Å². The van der Waals surface area contributed by atoms with E-state index in [1.807, 2.05) is 30.3 Å². The Morgan fingerprint density at radius 3 is 2.46 bits per heavy atom. The summed E-state index contributed by atoms with van der Waals surface area (Å²) in [4.78, 5) is 4.96. The van der Waals surface area contributed by atoms with E-state index in [1.54, 1.807) is 0 Å². The van der Waals surface area contributed by atoms with Crippen LogP contribution < -0.4 is 4.74 Å². The third-order valence-corrected chi connectivity index (χ3v) is 4.74. The van der Waals surface area contributed by atoms with Crippen molar-refractivity contribution in [2.24, 2.45) is 0 Å². The topological polar surface area (TPSA) is 15.7 Å². The van der Waals surface area contributed by atoms with Gasteiger partial charge in [0.1, 0.15) is 11.5 Å². The van der Waals surface area contributed by atoms with Crippen LogP contribution in [-0.2, 0) is 6.42 Å². The Hall–Kier alpha value is -1.55. The molecule has 24 heavy (non-hydrogen) atoms. The monoisotopic (exact) mass is 344 g/mol. The van der Waals surface area contributed by atoms with Gasteiger partial charge >= 0.3 is 0 Å². The van der Waals surface area contributed by atoms with Gasteiger partial charge in [0, 0.05) is 31.2 Å². The Morgan fingerprint density at radius 1 is 0.958 bits per heavy atom. The van der Waals surface area contributed by atoms with Crippen molar-refractivity contribution in [1.82, 2.24) is 9.80 Å². The van der Waals surface area contributed by atoms with Crippen molar-refractivity contribution in [3.63, 3.8) is 0 Å². The van der Waals surface area contributed by atoms with E-state index in [0.717, 1.165) is 22.9 Å². The molecule has 0 aliphatic carbocycles. The number of likely N-dealkylation sites (N-methyl/N-ethyl adjacent to an activating group) is 1. The molecule has 2 aromatic carbocycles. The molecule has 3 rings (SSSR count). The second kappa shape index (κ2) is 8.52. The van der Waals surface area contributed by atoms with Gasteiger partial charge in [-0.2, -0.15) is 0 Å². The van der Waals surface area contributed by atoms with E-state index >= 15 is 0 Å². The van der Waals surface area contributed by atoms with Crippen LogP contribution in [0.25, 0.3) is 0 Å². The number of benzene rings is 2. The van der Waals surface area contributed by atoms with Gasteiger partial charge in [0.15, 0.2) is 0 Å². The fourth-order valence-corrected chi connectivity index (χ4v) is 3.11. The molecule has 1 aliphatic heterocycles. The van der Waals surface area contributed by atoms with Crippen molar-refractivity contribution in [1.29, 1.82) is 0 Å². The summed E-state index contributed by atoms with van der Waals surface area (Å²) >= 11 is 5.91. The highest BCUT2D eigenvalue weighted by Crippen LogP contribution is 2.24. The second-order valence-electron chi connectivity index (χ2n) is 6.45. The molecule has 0 N–H and O–H groups in total. The van der Waals surface area contributed by atoms with Crippen LogP contribution in [0.4, 0.5) is 0 Å². The summed E-state index contributed by atoms with van der Waals surface area (Å²) < 4.78 is 5.91. The molecule has 3 nitrogen and oxygen atoms in total. The highest BCUT2D eigenvalue weighted by atomic mass is 35.5. The summed E-state index contributed by atoms with van der Waals surface area (Å²) in [5, 5.41) is 0.722. The quantitative estimate of drug-likeness (QED) is 0.776. The number of rotatable bonds is 6. The number of ether oxygens (including phenoxy) is 1. The molecule has 0 atom stereocenters. The fraction of sp³-hybridized carbons (Fsp3) is 0.400. The van der Waals surface area contributed by atoms with Crippen LogP contribution in [0.3, 0.4) is 0 Å². The lowest BCUT2D eigenvalue weighted by molar-refractivity contribution is 0.153. The second-order valence-corrected chi connectivity index (χ2v) is 6.89. The van der Waals surface area contributed by atoms with Crippen molar-refractivity contribution in [3.05, 3.63) is 59.1 Å². The number of nitrogens with zero attached hydrogens (tertiary/aromatic N) is 2. The summed E-state index contributed by atoms with van der Waals surface area (Å²) in [7, 11) is 2.20. The average molecular weight is 345 g/mol. The molecule has 0 saturated carbocycles. The summed E-state index contributed by atoms with van der Waals surface area (Å²) in [5.41, 5.74) is 1.33. The summed E-state index contributed by atoms with van der Waals surface area (Å²) in [5.74, 6) is 1.70. The van der Waals surface area contributed by atoms with E-state index in [2.05, 4.69) is 35.0 Å². The predicted octanol–water partition coefficient (Wildman–Crippen LogP) is 4.31. The lowest BCUT2D eigenvalue weighted by Gasteiger charge is -2.32. The van der Waals surface area contributed by atoms with Gasteiger partial charge in [0.05, 0.1) is 0 Å². The fourth-order valence-electron chi connectivity index (χ4n) is 2.98. The maximum atomic E-state index is 5.91. The number of aryl methyl sites for hydroxylation is 1. The first kappa shape index (κ1) is 17.3. The van der Waals surface area contributed by atoms with Crippen LogP contribution in [0.2, 0.25) is 5.02 Å². The Morgan fingerprint density at radius 2 is 1.71 bits per heavy atom. The lowest BCUT2D eigenvalue weighted by atomic mass is 10.1. The van der Waals surface area contributed by atoms with E-state index in [4.69, 9.17) is 16.3 Å². The number of hydrogen-bond donors (Lipinski definition) is 0. The van der Waals surface area contributed by atoms with Crippen LogP contribution in [0, 0.1) is 0 Å². The van der Waals surface area contributed by atoms with Gasteiger partial charge in [-0.05, 0) is 68.4 Å². The van der Waals surface area contributed by atoms with Crippen molar-refractivity contribution in [3.8, 4) is 11.5 Å². The molecule has 0 radical (unpaired) electrons. The van der Waals surface area contributed by atoms with E-state index in [0.29, 0.717) is 0 Å². The SMILES string of the molecule is CN1CCN(CCCc2cccc(Oc3ccc(Cl)cc3)c2)CC1. The zero-order valence-electron chi connectivity index (χ0n) is 14.2. The first-order valence-corrected chi connectivity index (χ1v) is 9.00. The molecule has 0 aromatic heterocycles. The molecule has 1 saturated heterocycles. The molecule has 4 heteroatoms. The number of halogens is 1. The lowest BCUT2D eigenvalue weighted by Crippen LogP contribution is -2.44. The smallest absolute Gasteiger partial charge is 0.127 e. The maximum absolute atomic E-state index is 5.91. The minimum absolute atomic E-state index is 0.722. The molecular weight excluding hydrogens is 320 g/mol. The van der Waals surface area contributed by atoms with E-state index < -0.39 is 0 Å². The maximum Gasteiger partial charge on any atom is 0.127 e. The van der Waals surface area contributed by atoms with Crippen LogP contribution in [0.1, 0.15) is 12.0 Å². The Kier molecular flexibility index (Phi) is 6.13. The number of hydrogen-bond acceptors (Lipinski definition) is 3. The van der Waals surface area contributed by atoms with Crippen LogP contribution in [0.5, 0.6) is 11.5 Å². The van der Waals surface area contributed by atoms with E-state index in [1.165, 1.54) is 44.7 Å². The molecule has 2 aromatic rings. The third-order valence-electron chi connectivity index (χ3n) is 4.48. The first-order valence-electron chi connectivity index (χ1n) is 8.62. The highest BCUT2D eigenvalue weighted by molar-refractivity contribution is 6.30. The zero-order valence-corrected chi connectivity index (χ0v) is 15.0. The first-order chi connectivity index (χ1) is 11.7. The zero-order chi connectivity index (χ0) is 16.8. The largest absolute Gasteiger partial charge is 0.457 e. The summed E-state index contributed by atoms with van der Waals surface area (Å²) in [6, 6.07) is 15.9. The minimum Gasteiger partial charge on any atom is -0.457 e. The molecule has 1 fully saturated rings. The van der Waals surface area contributed by atoms with Gasteiger partial charge in [0.2, 0.25) is 0 Å². The van der Waals surface area contributed by atoms with Crippen LogP contribution >= 0.6 is 11.6 Å².